The lowest BCUT2D eigenvalue weighted by molar-refractivity contribution is -0.380. The Hall–Kier alpha value is -1.66. The van der Waals surface area contributed by atoms with Crippen LogP contribution in [-0.2, 0) is 6.54 Å². The number of nitrogens with zero attached hydrogens (tertiary/aromatic N) is 1. The summed E-state index contributed by atoms with van der Waals surface area (Å²) in [6.45, 7) is 0.431. The number of benzene rings is 1. The molecule has 1 N–H and O–H groups in total. The summed E-state index contributed by atoms with van der Waals surface area (Å²) >= 11 is 6.74. The Morgan fingerprint density at radius 2 is 2.17 bits per heavy atom. The predicted molar refractivity (Wildman–Crippen MR) is 69.7 cm³/mol. The fraction of sp³-hybridized carbons (Fsp3) is 0.0909. The number of nitro groups is 1. The van der Waals surface area contributed by atoms with Gasteiger partial charge in [-0.1, -0.05) is 22.9 Å². The van der Waals surface area contributed by atoms with Crippen molar-refractivity contribution in [2.24, 2.45) is 0 Å². The van der Waals surface area contributed by atoms with Crippen LogP contribution in [0, 0.1) is 15.9 Å². The molecule has 0 aliphatic rings. The molecule has 0 amide bonds. The maximum absolute atomic E-state index is 12.9. The molecule has 1 aromatic carbocycles. The third kappa shape index (κ3) is 2.96. The van der Waals surface area contributed by atoms with Crippen LogP contribution in [0.5, 0.6) is 0 Å². The Kier molecular flexibility index (Phi) is 3.78. The van der Waals surface area contributed by atoms with Gasteiger partial charge in [-0.05, 0) is 24.3 Å². The molecule has 1 aromatic heterocycles. The Morgan fingerprint density at radius 3 is 2.78 bits per heavy atom. The van der Waals surface area contributed by atoms with Crippen LogP contribution in [0.4, 0.5) is 15.1 Å². The number of anilines is 1. The second-order valence-electron chi connectivity index (χ2n) is 3.48. The molecule has 0 aliphatic heterocycles. The first kappa shape index (κ1) is 12.8. The Morgan fingerprint density at radius 1 is 1.39 bits per heavy atom. The third-order valence-electron chi connectivity index (χ3n) is 2.21. The highest BCUT2D eigenvalue weighted by atomic mass is 35.5. The molecule has 94 valence electrons. The second-order valence-corrected chi connectivity index (χ2v) is 5.03. The van der Waals surface area contributed by atoms with Gasteiger partial charge in [-0.3, -0.25) is 10.1 Å². The molecule has 1 heterocycles. The smallest absolute Gasteiger partial charge is 0.324 e. The van der Waals surface area contributed by atoms with Gasteiger partial charge in [-0.15, -0.1) is 0 Å². The molecule has 0 fully saturated rings. The molecule has 0 unspecified atom stereocenters. The maximum atomic E-state index is 12.9. The maximum Gasteiger partial charge on any atom is 0.324 e. The summed E-state index contributed by atoms with van der Waals surface area (Å²) in [5.41, 5.74) is 0.664. The van der Waals surface area contributed by atoms with Gasteiger partial charge in [-0.25, -0.2) is 4.39 Å². The monoisotopic (exact) mass is 286 g/mol. The van der Waals surface area contributed by atoms with Crippen molar-refractivity contribution in [3.05, 3.63) is 56.2 Å². The van der Waals surface area contributed by atoms with E-state index >= 15 is 0 Å². The van der Waals surface area contributed by atoms with Gasteiger partial charge in [0.2, 0.25) is 0 Å². The van der Waals surface area contributed by atoms with E-state index in [1.54, 1.807) is 12.1 Å². The highest BCUT2D eigenvalue weighted by molar-refractivity contribution is 7.15. The average Bonchev–Trinajstić information content (AvgIpc) is 2.79. The fourth-order valence-electron chi connectivity index (χ4n) is 1.35. The molecule has 0 bridgehead atoms. The van der Waals surface area contributed by atoms with Gasteiger partial charge in [0.25, 0.3) is 0 Å². The summed E-state index contributed by atoms with van der Waals surface area (Å²) in [6.07, 6.45) is 0. The van der Waals surface area contributed by atoms with Crippen molar-refractivity contribution in [3.63, 3.8) is 0 Å². The van der Waals surface area contributed by atoms with Crippen molar-refractivity contribution in [2.75, 3.05) is 5.32 Å². The topological polar surface area (TPSA) is 55.2 Å². The highest BCUT2D eigenvalue weighted by Crippen LogP contribution is 2.25. The first-order valence-corrected chi connectivity index (χ1v) is 6.18. The average molecular weight is 287 g/mol. The van der Waals surface area contributed by atoms with Gasteiger partial charge in [0.15, 0.2) is 0 Å². The minimum absolute atomic E-state index is 0.0390. The molecule has 2 aromatic rings. The summed E-state index contributed by atoms with van der Waals surface area (Å²) in [5, 5.41) is 13.7. The first-order chi connectivity index (χ1) is 8.56. The van der Waals surface area contributed by atoms with Crippen LogP contribution < -0.4 is 5.32 Å². The van der Waals surface area contributed by atoms with Crippen molar-refractivity contribution >= 4 is 33.6 Å². The molecule has 0 atom stereocenters. The van der Waals surface area contributed by atoms with Crippen LogP contribution in [0.25, 0.3) is 0 Å². The van der Waals surface area contributed by atoms with Crippen LogP contribution in [-0.4, -0.2) is 4.92 Å². The molecule has 4 nitrogen and oxygen atoms in total. The molecule has 0 aliphatic carbocycles. The summed E-state index contributed by atoms with van der Waals surface area (Å²) in [5.74, 6) is -0.478. The van der Waals surface area contributed by atoms with Gasteiger partial charge < -0.3 is 5.32 Å². The SMILES string of the molecule is O=[N+]([O-])c1ccc(CNc2ccc(F)c(Cl)c2)s1. The van der Waals surface area contributed by atoms with Crippen molar-refractivity contribution in [1.29, 1.82) is 0 Å². The van der Waals surface area contributed by atoms with E-state index in [9.17, 15) is 14.5 Å². The van der Waals surface area contributed by atoms with Gasteiger partial charge in [-0.2, -0.15) is 0 Å². The fourth-order valence-corrected chi connectivity index (χ4v) is 2.30. The molecule has 7 heteroatoms. The summed E-state index contributed by atoms with van der Waals surface area (Å²) in [7, 11) is 0. The second kappa shape index (κ2) is 5.32. The minimum Gasteiger partial charge on any atom is -0.380 e. The largest absolute Gasteiger partial charge is 0.380 e. The number of hydrogen-bond donors (Lipinski definition) is 1. The molecule has 2 rings (SSSR count). The van der Waals surface area contributed by atoms with Crippen LogP contribution in [0.2, 0.25) is 5.02 Å². The lowest BCUT2D eigenvalue weighted by Gasteiger charge is -2.05. The lowest BCUT2D eigenvalue weighted by Crippen LogP contribution is -1.97. The van der Waals surface area contributed by atoms with E-state index in [4.69, 9.17) is 11.6 Å². The zero-order valence-electron chi connectivity index (χ0n) is 9.02. The first-order valence-electron chi connectivity index (χ1n) is 4.98. The van der Waals surface area contributed by atoms with Gasteiger partial charge in [0.05, 0.1) is 9.95 Å². The van der Waals surface area contributed by atoms with Crippen LogP contribution >= 0.6 is 22.9 Å². The number of rotatable bonds is 4. The predicted octanol–water partition coefficient (Wildman–Crippen LogP) is 4.06. The number of thiophene rings is 1. The number of halogens is 2. The van der Waals surface area contributed by atoms with Crippen LogP contribution in [0.15, 0.2) is 30.3 Å². The zero-order chi connectivity index (χ0) is 13.1. The molecular formula is C11H8ClFN2O2S. The van der Waals surface area contributed by atoms with Gasteiger partial charge in [0, 0.05) is 23.2 Å². The van der Waals surface area contributed by atoms with E-state index in [-0.39, 0.29) is 10.0 Å². The Balaban J connectivity index is 2.02. The molecular weight excluding hydrogens is 279 g/mol. The summed E-state index contributed by atoms with van der Waals surface area (Å²) in [4.78, 5) is 10.9. The zero-order valence-corrected chi connectivity index (χ0v) is 10.6. The van der Waals surface area contributed by atoms with Crippen molar-refractivity contribution in [1.82, 2.24) is 0 Å². The quantitative estimate of drug-likeness (QED) is 0.681. The normalized spacial score (nSPS) is 10.3. The minimum atomic E-state index is -0.478. The van der Waals surface area contributed by atoms with Crippen molar-refractivity contribution < 1.29 is 9.31 Å². The van der Waals surface area contributed by atoms with E-state index in [1.165, 1.54) is 18.2 Å². The number of hydrogen-bond acceptors (Lipinski definition) is 4. The lowest BCUT2D eigenvalue weighted by atomic mass is 10.3. The van der Waals surface area contributed by atoms with E-state index in [0.29, 0.717) is 12.2 Å². The highest BCUT2D eigenvalue weighted by Gasteiger charge is 2.09. The molecule has 18 heavy (non-hydrogen) atoms. The van der Waals surface area contributed by atoms with Crippen LogP contribution in [0.3, 0.4) is 0 Å². The Bertz CT molecular complexity index is 588. The van der Waals surface area contributed by atoms with E-state index in [0.717, 1.165) is 16.2 Å². The molecule has 0 radical (unpaired) electrons. The van der Waals surface area contributed by atoms with E-state index in [1.807, 2.05) is 0 Å². The summed E-state index contributed by atoms with van der Waals surface area (Å²) in [6, 6.07) is 7.43. The van der Waals surface area contributed by atoms with Crippen LogP contribution in [0.1, 0.15) is 4.88 Å². The van der Waals surface area contributed by atoms with Crippen molar-refractivity contribution in [2.45, 2.75) is 6.54 Å². The third-order valence-corrected chi connectivity index (χ3v) is 3.54. The molecule has 0 saturated carbocycles. The molecule has 0 spiro atoms. The van der Waals surface area contributed by atoms with E-state index in [2.05, 4.69) is 5.32 Å². The Labute approximate surface area is 111 Å². The van der Waals surface area contributed by atoms with Gasteiger partial charge >= 0.3 is 5.00 Å². The van der Waals surface area contributed by atoms with Gasteiger partial charge in [0.1, 0.15) is 5.82 Å². The van der Waals surface area contributed by atoms with Crippen molar-refractivity contribution in [3.8, 4) is 0 Å². The number of nitrogens with one attached hydrogen (secondary N) is 1. The standard InChI is InChI=1S/C11H8ClFN2O2S/c12-9-5-7(1-3-10(9)13)14-6-8-2-4-11(18-8)15(16)17/h1-5,14H,6H2. The summed E-state index contributed by atoms with van der Waals surface area (Å²) < 4.78 is 12.9. The van der Waals surface area contributed by atoms with E-state index < -0.39 is 10.7 Å². The molecule has 0 saturated heterocycles.